The van der Waals surface area contributed by atoms with Gasteiger partial charge in [-0.3, -0.25) is 0 Å². The van der Waals surface area contributed by atoms with Gasteiger partial charge in [0.15, 0.2) is 0 Å². The minimum atomic E-state index is 0.707. The van der Waals surface area contributed by atoms with Crippen LogP contribution in [0.5, 0.6) is 0 Å². The molecule has 0 heterocycles. The Bertz CT molecular complexity index is 361. The molecule has 0 saturated heterocycles. The summed E-state index contributed by atoms with van der Waals surface area (Å²) in [6, 6.07) is 5.77. The van der Waals surface area contributed by atoms with Crippen LogP contribution in [0.15, 0.2) is 18.2 Å². The molecule has 1 aliphatic carbocycles. The van der Waals surface area contributed by atoms with E-state index in [-0.39, 0.29) is 0 Å². The molecule has 88 valence electrons. The molecule has 0 radical (unpaired) electrons. The number of halogens is 3. The second-order valence-electron chi connectivity index (χ2n) is 4.48. The average molecular weight is 322 g/mol. The molecule has 0 spiro atoms. The van der Waals surface area contributed by atoms with Crippen molar-refractivity contribution >= 4 is 39.1 Å². The van der Waals surface area contributed by atoms with Gasteiger partial charge in [0.1, 0.15) is 0 Å². The van der Waals surface area contributed by atoms with Gasteiger partial charge in [0, 0.05) is 14.9 Å². The zero-order chi connectivity index (χ0) is 11.5. The molecular formula is C13H15BrCl2. The molecule has 1 fully saturated rings. The molecule has 0 aliphatic heterocycles. The van der Waals surface area contributed by atoms with Gasteiger partial charge in [-0.2, -0.15) is 0 Å². The quantitative estimate of drug-likeness (QED) is 0.629. The van der Waals surface area contributed by atoms with Crippen LogP contribution in [0.1, 0.15) is 31.2 Å². The molecule has 0 amide bonds. The van der Waals surface area contributed by atoms with Crippen LogP contribution in [0.4, 0.5) is 0 Å². The Kier molecular flexibility index (Phi) is 4.57. The fourth-order valence-electron chi connectivity index (χ4n) is 1.91. The van der Waals surface area contributed by atoms with Crippen molar-refractivity contribution in [2.75, 3.05) is 0 Å². The maximum absolute atomic E-state index is 6.12. The zero-order valence-corrected chi connectivity index (χ0v) is 12.2. The lowest BCUT2D eigenvalue weighted by molar-refractivity contribution is 0.654. The Morgan fingerprint density at radius 3 is 2.69 bits per heavy atom. The van der Waals surface area contributed by atoms with E-state index < -0.39 is 0 Å². The summed E-state index contributed by atoms with van der Waals surface area (Å²) >= 11 is 15.7. The number of rotatable bonds is 5. The number of hydrogen-bond donors (Lipinski definition) is 0. The molecule has 1 aliphatic rings. The van der Waals surface area contributed by atoms with E-state index in [4.69, 9.17) is 23.2 Å². The van der Waals surface area contributed by atoms with Gasteiger partial charge < -0.3 is 0 Å². The van der Waals surface area contributed by atoms with Gasteiger partial charge in [-0.25, -0.2) is 0 Å². The van der Waals surface area contributed by atoms with E-state index in [2.05, 4.69) is 15.9 Å². The predicted octanol–water partition coefficient (Wildman–Crippen LogP) is 5.49. The van der Waals surface area contributed by atoms with Gasteiger partial charge in [-0.15, -0.1) is 0 Å². The van der Waals surface area contributed by atoms with Crippen molar-refractivity contribution in [3.8, 4) is 0 Å². The Morgan fingerprint density at radius 1 is 1.31 bits per heavy atom. The van der Waals surface area contributed by atoms with E-state index in [0.29, 0.717) is 9.85 Å². The lowest BCUT2D eigenvalue weighted by Crippen LogP contribution is -2.01. The molecular weight excluding hydrogens is 307 g/mol. The van der Waals surface area contributed by atoms with Crippen LogP contribution in [0.2, 0.25) is 10.0 Å². The van der Waals surface area contributed by atoms with Crippen molar-refractivity contribution in [3.05, 3.63) is 33.8 Å². The molecule has 1 unspecified atom stereocenters. The molecule has 2 rings (SSSR count). The Hall–Kier alpha value is 0.280. The zero-order valence-electron chi connectivity index (χ0n) is 9.06. The molecule has 0 N–H and O–H groups in total. The van der Waals surface area contributed by atoms with Crippen LogP contribution in [0.25, 0.3) is 0 Å². The second-order valence-corrected chi connectivity index (χ2v) is 6.50. The highest BCUT2D eigenvalue weighted by Crippen LogP contribution is 2.38. The normalized spacial score (nSPS) is 17.4. The van der Waals surface area contributed by atoms with E-state index in [9.17, 15) is 0 Å². The SMILES string of the molecule is Clc1ccc(CCCC(Br)C2CC2)c(Cl)c1. The summed E-state index contributed by atoms with van der Waals surface area (Å²) in [7, 11) is 0. The van der Waals surface area contributed by atoms with Crippen LogP contribution in [0, 0.1) is 5.92 Å². The number of hydrogen-bond acceptors (Lipinski definition) is 0. The van der Waals surface area contributed by atoms with E-state index in [1.807, 2.05) is 18.2 Å². The Morgan fingerprint density at radius 2 is 2.06 bits per heavy atom. The standard InChI is InChI=1S/C13H15BrCl2/c14-12(9-4-5-9)3-1-2-10-6-7-11(15)8-13(10)16/h6-9,12H,1-5H2. The van der Waals surface area contributed by atoms with Gasteiger partial charge >= 0.3 is 0 Å². The Balaban J connectivity index is 1.80. The molecule has 0 bridgehead atoms. The van der Waals surface area contributed by atoms with Crippen molar-refractivity contribution in [3.63, 3.8) is 0 Å². The maximum Gasteiger partial charge on any atom is 0.0452 e. The molecule has 0 nitrogen and oxygen atoms in total. The summed E-state index contributed by atoms with van der Waals surface area (Å²) in [6.45, 7) is 0. The molecule has 0 aromatic heterocycles. The van der Waals surface area contributed by atoms with Gasteiger partial charge in [0.05, 0.1) is 0 Å². The highest BCUT2D eigenvalue weighted by Gasteiger charge is 2.28. The number of aryl methyl sites for hydroxylation is 1. The van der Waals surface area contributed by atoms with E-state index >= 15 is 0 Å². The topological polar surface area (TPSA) is 0 Å². The number of alkyl halides is 1. The van der Waals surface area contributed by atoms with Crippen LogP contribution < -0.4 is 0 Å². The van der Waals surface area contributed by atoms with Crippen LogP contribution in [-0.4, -0.2) is 4.83 Å². The average Bonchev–Trinajstić information content (AvgIpc) is 3.04. The van der Waals surface area contributed by atoms with Gasteiger partial charge in [0.25, 0.3) is 0 Å². The first-order valence-electron chi connectivity index (χ1n) is 5.75. The first-order valence-corrected chi connectivity index (χ1v) is 7.42. The number of benzene rings is 1. The summed E-state index contributed by atoms with van der Waals surface area (Å²) in [5.41, 5.74) is 1.21. The van der Waals surface area contributed by atoms with Crippen molar-refractivity contribution in [1.29, 1.82) is 0 Å². The van der Waals surface area contributed by atoms with Gasteiger partial charge in [-0.05, 0) is 55.7 Å². The summed E-state index contributed by atoms with van der Waals surface area (Å²) in [5.74, 6) is 0.931. The van der Waals surface area contributed by atoms with E-state index in [0.717, 1.165) is 17.4 Å². The third-order valence-electron chi connectivity index (χ3n) is 3.07. The predicted molar refractivity (Wildman–Crippen MR) is 74.8 cm³/mol. The second kappa shape index (κ2) is 5.75. The lowest BCUT2D eigenvalue weighted by Gasteiger charge is -2.08. The smallest absolute Gasteiger partial charge is 0.0452 e. The molecule has 1 aromatic rings. The van der Waals surface area contributed by atoms with Gasteiger partial charge in [-0.1, -0.05) is 45.2 Å². The third kappa shape index (κ3) is 3.65. The van der Waals surface area contributed by atoms with Crippen molar-refractivity contribution in [2.24, 2.45) is 5.92 Å². The minimum absolute atomic E-state index is 0.707. The van der Waals surface area contributed by atoms with Crippen molar-refractivity contribution < 1.29 is 0 Å². The summed E-state index contributed by atoms with van der Waals surface area (Å²) in [6.07, 6.45) is 6.28. The van der Waals surface area contributed by atoms with Gasteiger partial charge in [0.2, 0.25) is 0 Å². The summed E-state index contributed by atoms with van der Waals surface area (Å²) < 4.78 is 0. The Labute approximate surface area is 115 Å². The minimum Gasteiger partial charge on any atom is -0.0888 e. The van der Waals surface area contributed by atoms with Crippen molar-refractivity contribution in [2.45, 2.75) is 36.9 Å². The molecule has 3 heteroatoms. The summed E-state index contributed by atoms with van der Waals surface area (Å²) in [4.78, 5) is 0.707. The largest absolute Gasteiger partial charge is 0.0888 e. The molecule has 16 heavy (non-hydrogen) atoms. The maximum atomic E-state index is 6.12. The first kappa shape index (κ1) is 12.7. The molecule has 1 saturated carbocycles. The fourth-order valence-corrected chi connectivity index (χ4v) is 3.26. The van der Waals surface area contributed by atoms with Crippen LogP contribution >= 0.6 is 39.1 Å². The van der Waals surface area contributed by atoms with Crippen molar-refractivity contribution in [1.82, 2.24) is 0 Å². The van der Waals surface area contributed by atoms with E-state index in [1.165, 1.54) is 31.2 Å². The lowest BCUT2D eigenvalue weighted by atomic mass is 10.1. The summed E-state index contributed by atoms with van der Waals surface area (Å²) in [5, 5.41) is 1.51. The van der Waals surface area contributed by atoms with E-state index in [1.54, 1.807) is 0 Å². The van der Waals surface area contributed by atoms with Crippen LogP contribution in [0.3, 0.4) is 0 Å². The highest BCUT2D eigenvalue weighted by molar-refractivity contribution is 9.09. The monoisotopic (exact) mass is 320 g/mol. The third-order valence-corrected chi connectivity index (χ3v) is 4.87. The highest BCUT2D eigenvalue weighted by atomic mass is 79.9. The molecule has 1 atom stereocenters. The fraction of sp³-hybridized carbons (Fsp3) is 0.538. The molecule has 1 aromatic carbocycles. The first-order chi connectivity index (χ1) is 7.66. The van der Waals surface area contributed by atoms with Crippen LogP contribution in [-0.2, 0) is 6.42 Å².